The minimum Gasteiger partial charge on any atom is -0.479 e. The fourth-order valence-corrected chi connectivity index (χ4v) is 2.06. The zero-order chi connectivity index (χ0) is 11.5. The fraction of sp³-hybridized carbons (Fsp3) is 0.800. The van der Waals surface area contributed by atoms with Crippen molar-refractivity contribution in [3.05, 3.63) is 0 Å². The number of amides is 1. The van der Waals surface area contributed by atoms with E-state index in [1.54, 1.807) is 4.90 Å². The van der Waals surface area contributed by atoms with E-state index in [1.807, 2.05) is 0 Å². The maximum absolute atomic E-state index is 11.6. The van der Waals surface area contributed by atoms with E-state index < -0.39 is 12.1 Å². The number of carboxylic acid groups (broad SMARTS) is 1. The van der Waals surface area contributed by atoms with E-state index in [9.17, 15) is 9.59 Å². The summed E-state index contributed by atoms with van der Waals surface area (Å²) in [7, 11) is 0. The van der Waals surface area contributed by atoms with Crippen molar-refractivity contribution in [1.82, 2.24) is 4.90 Å². The van der Waals surface area contributed by atoms with E-state index in [-0.39, 0.29) is 25.1 Å². The molecule has 1 N–H and O–H groups in total. The van der Waals surface area contributed by atoms with Gasteiger partial charge in [-0.3, -0.25) is 4.79 Å². The van der Waals surface area contributed by atoms with Crippen LogP contribution in [0.5, 0.6) is 0 Å². The van der Waals surface area contributed by atoms with Crippen LogP contribution in [0.15, 0.2) is 0 Å². The Morgan fingerprint density at radius 2 is 2.31 bits per heavy atom. The first kappa shape index (κ1) is 11.3. The van der Waals surface area contributed by atoms with E-state index in [0.717, 1.165) is 19.4 Å². The second-order valence-corrected chi connectivity index (χ2v) is 4.05. The molecule has 2 fully saturated rings. The van der Waals surface area contributed by atoms with Gasteiger partial charge in [0.05, 0.1) is 19.2 Å². The van der Waals surface area contributed by atoms with Crippen LogP contribution in [0.25, 0.3) is 0 Å². The van der Waals surface area contributed by atoms with Crippen LogP contribution >= 0.6 is 0 Å². The molecule has 6 heteroatoms. The van der Waals surface area contributed by atoms with Gasteiger partial charge in [-0.2, -0.15) is 0 Å². The van der Waals surface area contributed by atoms with Crippen LogP contribution in [0.4, 0.5) is 0 Å². The van der Waals surface area contributed by atoms with Gasteiger partial charge < -0.3 is 19.5 Å². The average molecular weight is 229 g/mol. The quantitative estimate of drug-likeness (QED) is 0.689. The van der Waals surface area contributed by atoms with E-state index in [2.05, 4.69) is 0 Å². The molecular formula is C10H15NO5. The number of hydrogen-bond donors (Lipinski definition) is 1. The number of aliphatic carboxylic acids is 1. The van der Waals surface area contributed by atoms with E-state index in [4.69, 9.17) is 14.6 Å². The Morgan fingerprint density at radius 3 is 2.94 bits per heavy atom. The molecule has 2 aliphatic rings. The molecule has 0 aromatic heterocycles. The monoisotopic (exact) mass is 229 g/mol. The molecule has 0 spiro atoms. The van der Waals surface area contributed by atoms with Gasteiger partial charge in [0.25, 0.3) is 0 Å². The van der Waals surface area contributed by atoms with Crippen LogP contribution < -0.4 is 0 Å². The van der Waals surface area contributed by atoms with Crippen molar-refractivity contribution >= 4 is 11.9 Å². The number of morpholine rings is 1. The summed E-state index contributed by atoms with van der Waals surface area (Å²) in [4.78, 5) is 24.0. The Labute approximate surface area is 93.1 Å². The molecule has 0 aromatic rings. The molecule has 0 radical (unpaired) electrons. The van der Waals surface area contributed by atoms with Gasteiger partial charge in [0, 0.05) is 6.61 Å². The zero-order valence-corrected chi connectivity index (χ0v) is 8.92. The van der Waals surface area contributed by atoms with Gasteiger partial charge in [-0.15, -0.1) is 0 Å². The van der Waals surface area contributed by atoms with E-state index in [0.29, 0.717) is 6.61 Å². The van der Waals surface area contributed by atoms with Crippen molar-refractivity contribution in [2.45, 2.75) is 25.0 Å². The lowest BCUT2D eigenvalue weighted by molar-refractivity contribution is -0.169. The molecule has 2 atom stereocenters. The maximum Gasteiger partial charge on any atom is 0.334 e. The summed E-state index contributed by atoms with van der Waals surface area (Å²) >= 11 is 0. The molecule has 2 heterocycles. The molecule has 1 amide bonds. The minimum atomic E-state index is -1.02. The molecule has 2 aliphatic heterocycles. The molecule has 16 heavy (non-hydrogen) atoms. The van der Waals surface area contributed by atoms with Gasteiger partial charge in [-0.1, -0.05) is 0 Å². The summed E-state index contributed by atoms with van der Waals surface area (Å²) in [5, 5.41) is 8.85. The topological polar surface area (TPSA) is 76.1 Å². The van der Waals surface area contributed by atoms with E-state index >= 15 is 0 Å². The highest BCUT2D eigenvalue weighted by molar-refractivity contribution is 5.81. The van der Waals surface area contributed by atoms with Crippen LogP contribution in [0.2, 0.25) is 0 Å². The highest BCUT2D eigenvalue weighted by Crippen LogP contribution is 2.17. The zero-order valence-electron chi connectivity index (χ0n) is 8.92. The Hall–Kier alpha value is -1.14. The van der Waals surface area contributed by atoms with Crippen molar-refractivity contribution in [2.75, 3.05) is 26.4 Å². The molecule has 2 unspecified atom stereocenters. The average Bonchev–Trinajstić information content (AvgIpc) is 2.30. The molecule has 0 bridgehead atoms. The second kappa shape index (κ2) is 4.80. The number of carbonyl (C=O) groups excluding carboxylic acids is 1. The van der Waals surface area contributed by atoms with Gasteiger partial charge >= 0.3 is 5.97 Å². The Balaban J connectivity index is 1.99. The predicted molar refractivity (Wildman–Crippen MR) is 52.9 cm³/mol. The third-order valence-electron chi connectivity index (χ3n) is 2.94. The number of carboxylic acids is 1. The third-order valence-corrected chi connectivity index (χ3v) is 2.94. The fourth-order valence-electron chi connectivity index (χ4n) is 2.06. The van der Waals surface area contributed by atoms with Crippen molar-refractivity contribution in [3.8, 4) is 0 Å². The Bertz CT molecular complexity index is 287. The van der Waals surface area contributed by atoms with Crippen LogP contribution in [-0.4, -0.2) is 60.4 Å². The number of nitrogens with zero attached hydrogens (tertiary/aromatic N) is 1. The second-order valence-electron chi connectivity index (χ2n) is 4.05. The molecule has 6 nitrogen and oxygen atoms in total. The van der Waals surface area contributed by atoms with Gasteiger partial charge in [0.1, 0.15) is 6.61 Å². The van der Waals surface area contributed by atoms with Crippen LogP contribution in [0, 0.1) is 0 Å². The van der Waals surface area contributed by atoms with Crippen molar-refractivity contribution in [1.29, 1.82) is 0 Å². The van der Waals surface area contributed by atoms with Gasteiger partial charge in [-0.25, -0.2) is 4.79 Å². The molecule has 2 saturated heterocycles. The predicted octanol–water partition coefficient (Wildman–Crippen LogP) is -0.523. The first-order valence-corrected chi connectivity index (χ1v) is 5.40. The third kappa shape index (κ3) is 2.33. The van der Waals surface area contributed by atoms with Gasteiger partial charge in [0.15, 0.2) is 6.10 Å². The summed E-state index contributed by atoms with van der Waals surface area (Å²) < 4.78 is 10.2. The summed E-state index contributed by atoms with van der Waals surface area (Å²) in [5.41, 5.74) is 0. The Kier molecular flexibility index (Phi) is 3.40. The van der Waals surface area contributed by atoms with Crippen LogP contribution in [0.1, 0.15) is 12.8 Å². The van der Waals surface area contributed by atoms with Crippen LogP contribution in [-0.2, 0) is 19.1 Å². The lowest BCUT2D eigenvalue weighted by atomic mass is 10.1. The Morgan fingerprint density at radius 1 is 1.50 bits per heavy atom. The number of ether oxygens (including phenoxy) is 2. The molecule has 0 aromatic carbocycles. The highest BCUT2D eigenvalue weighted by atomic mass is 16.5. The van der Waals surface area contributed by atoms with Crippen molar-refractivity contribution < 1.29 is 24.2 Å². The maximum atomic E-state index is 11.6. The summed E-state index contributed by atoms with van der Waals surface area (Å²) in [6, 6.07) is 0.00648. The SMILES string of the molecule is O=C(O)C1CN(C2CCCOC2)C(=O)CO1. The number of carbonyl (C=O) groups is 2. The summed E-state index contributed by atoms with van der Waals surface area (Å²) in [5.74, 6) is -1.16. The van der Waals surface area contributed by atoms with Crippen molar-refractivity contribution in [2.24, 2.45) is 0 Å². The highest BCUT2D eigenvalue weighted by Gasteiger charge is 2.35. The first-order valence-electron chi connectivity index (χ1n) is 5.40. The summed E-state index contributed by atoms with van der Waals surface area (Å²) in [6.07, 6.45) is 0.880. The standard InChI is InChI=1S/C10H15NO5/c12-9-6-16-8(10(13)14)4-11(9)7-2-1-3-15-5-7/h7-8H,1-6H2,(H,13,14). The van der Waals surface area contributed by atoms with Gasteiger partial charge in [0.2, 0.25) is 5.91 Å². The first-order chi connectivity index (χ1) is 7.68. The molecule has 90 valence electrons. The van der Waals surface area contributed by atoms with E-state index in [1.165, 1.54) is 0 Å². The van der Waals surface area contributed by atoms with Crippen molar-refractivity contribution in [3.63, 3.8) is 0 Å². The molecule has 0 aliphatic carbocycles. The molecule has 0 saturated carbocycles. The smallest absolute Gasteiger partial charge is 0.334 e. The lowest BCUT2D eigenvalue weighted by Gasteiger charge is -2.38. The lowest BCUT2D eigenvalue weighted by Crippen LogP contribution is -2.55. The van der Waals surface area contributed by atoms with Gasteiger partial charge in [-0.05, 0) is 12.8 Å². The number of hydrogen-bond acceptors (Lipinski definition) is 4. The van der Waals surface area contributed by atoms with Crippen LogP contribution in [0.3, 0.4) is 0 Å². The molecular weight excluding hydrogens is 214 g/mol. The number of rotatable bonds is 2. The normalized spacial score (nSPS) is 31.5. The molecule has 2 rings (SSSR count). The largest absolute Gasteiger partial charge is 0.479 e. The minimum absolute atomic E-state index is 0.00648. The summed E-state index contributed by atoms with van der Waals surface area (Å²) in [6.45, 7) is 1.20.